The number of nitrogens with one attached hydrogen (secondary N) is 1. The number of halogens is 2. The van der Waals surface area contributed by atoms with Gasteiger partial charge in [-0.15, -0.1) is 0 Å². The van der Waals surface area contributed by atoms with Crippen molar-refractivity contribution in [3.05, 3.63) is 69.2 Å². The molecule has 6 heteroatoms. The first-order chi connectivity index (χ1) is 13.2. The fourth-order valence-corrected chi connectivity index (χ4v) is 3.13. The maximum absolute atomic E-state index is 13.1. The molecule has 0 saturated heterocycles. The van der Waals surface area contributed by atoms with Crippen molar-refractivity contribution in [2.75, 3.05) is 0 Å². The van der Waals surface area contributed by atoms with Crippen molar-refractivity contribution < 1.29 is 9.59 Å². The molecule has 0 aromatic heterocycles. The van der Waals surface area contributed by atoms with Crippen LogP contribution in [0.5, 0.6) is 0 Å². The first-order valence-corrected chi connectivity index (χ1v) is 10.0. The molecule has 0 fully saturated rings. The summed E-state index contributed by atoms with van der Waals surface area (Å²) >= 11 is 12.1. The van der Waals surface area contributed by atoms with Crippen molar-refractivity contribution in [2.45, 2.75) is 52.7 Å². The second kappa shape index (κ2) is 9.94. The fourth-order valence-electron chi connectivity index (χ4n) is 2.80. The SMILES string of the molecule is Cc1ccc(CC(=O)N(Cc2ccc(Cl)c(Cl)c2)C(C)C(=O)NC(C)C)cc1. The Kier molecular flexibility index (Phi) is 7.90. The fraction of sp³-hybridized carbons (Fsp3) is 0.364. The minimum Gasteiger partial charge on any atom is -0.352 e. The Morgan fingerprint density at radius 3 is 2.14 bits per heavy atom. The van der Waals surface area contributed by atoms with Crippen LogP contribution in [-0.2, 0) is 22.6 Å². The first kappa shape index (κ1) is 22.3. The van der Waals surface area contributed by atoms with Gasteiger partial charge in [-0.2, -0.15) is 0 Å². The van der Waals surface area contributed by atoms with Crippen LogP contribution in [0.1, 0.15) is 37.5 Å². The smallest absolute Gasteiger partial charge is 0.242 e. The topological polar surface area (TPSA) is 49.4 Å². The molecule has 1 atom stereocenters. The molecule has 150 valence electrons. The number of carbonyl (C=O) groups is 2. The van der Waals surface area contributed by atoms with E-state index in [2.05, 4.69) is 5.32 Å². The highest BCUT2D eigenvalue weighted by Gasteiger charge is 2.26. The molecule has 2 rings (SSSR count). The standard InChI is InChI=1S/C22H26Cl2N2O2/c1-14(2)25-22(28)16(4)26(13-18-9-10-19(23)20(24)11-18)21(27)12-17-7-5-15(3)6-8-17/h5-11,14,16H,12-13H2,1-4H3,(H,25,28). The van der Waals surface area contributed by atoms with Crippen LogP contribution in [0.15, 0.2) is 42.5 Å². The van der Waals surface area contributed by atoms with E-state index in [1.54, 1.807) is 24.0 Å². The van der Waals surface area contributed by atoms with Gasteiger partial charge in [-0.1, -0.05) is 59.1 Å². The molecule has 0 aliphatic rings. The van der Waals surface area contributed by atoms with E-state index in [4.69, 9.17) is 23.2 Å². The van der Waals surface area contributed by atoms with Crippen LogP contribution in [0.2, 0.25) is 10.0 Å². The number of amides is 2. The van der Waals surface area contributed by atoms with E-state index in [0.717, 1.165) is 16.7 Å². The first-order valence-electron chi connectivity index (χ1n) is 9.26. The monoisotopic (exact) mass is 420 g/mol. The molecule has 0 heterocycles. The van der Waals surface area contributed by atoms with Gasteiger partial charge in [0.2, 0.25) is 11.8 Å². The van der Waals surface area contributed by atoms with E-state index in [-0.39, 0.29) is 30.8 Å². The second-order valence-corrected chi connectivity index (χ2v) is 8.09. The van der Waals surface area contributed by atoms with Gasteiger partial charge in [0.25, 0.3) is 0 Å². The molecule has 0 aliphatic heterocycles. The van der Waals surface area contributed by atoms with Gasteiger partial charge in [-0.25, -0.2) is 0 Å². The van der Waals surface area contributed by atoms with Gasteiger partial charge < -0.3 is 10.2 Å². The van der Waals surface area contributed by atoms with Crippen molar-refractivity contribution in [3.8, 4) is 0 Å². The highest BCUT2D eigenvalue weighted by Crippen LogP contribution is 2.24. The summed E-state index contributed by atoms with van der Waals surface area (Å²) in [4.78, 5) is 27.2. The predicted molar refractivity (Wildman–Crippen MR) is 115 cm³/mol. The number of aryl methyl sites for hydroxylation is 1. The summed E-state index contributed by atoms with van der Waals surface area (Å²) in [5, 5.41) is 3.75. The molecule has 0 spiro atoms. The molecule has 2 aromatic carbocycles. The Hall–Kier alpha value is -2.04. The lowest BCUT2D eigenvalue weighted by atomic mass is 10.1. The second-order valence-electron chi connectivity index (χ2n) is 7.27. The van der Waals surface area contributed by atoms with E-state index >= 15 is 0 Å². The van der Waals surface area contributed by atoms with Gasteiger partial charge >= 0.3 is 0 Å². The van der Waals surface area contributed by atoms with Crippen molar-refractivity contribution in [1.82, 2.24) is 10.2 Å². The number of hydrogen-bond donors (Lipinski definition) is 1. The maximum Gasteiger partial charge on any atom is 0.242 e. The molecule has 2 amide bonds. The minimum absolute atomic E-state index is 0.00558. The number of benzene rings is 2. The van der Waals surface area contributed by atoms with E-state index in [9.17, 15) is 9.59 Å². The molecule has 0 radical (unpaired) electrons. The number of hydrogen-bond acceptors (Lipinski definition) is 2. The molecule has 0 saturated carbocycles. The quantitative estimate of drug-likeness (QED) is 0.699. The van der Waals surface area contributed by atoms with Crippen molar-refractivity contribution in [1.29, 1.82) is 0 Å². The summed E-state index contributed by atoms with van der Waals surface area (Å²) in [5.74, 6) is -0.311. The lowest BCUT2D eigenvalue weighted by molar-refractivity contribution is -0.140. The van der Waals surface area contributed by atoms with E-state index in [0.29, 0.717) is 10.0 Å². The largest absolute Gasteiger partial charge is 0.352 e. The summed E-state index contributed by atoms with van der Waals surface area (Å²) in [6.07, 6.45) is 0.223. The van der Waals surface area contributed by atoms with Crippen LogP contribution in [0, 0.1) is 6.92 Å². The summed E-state index contributed by atoms with van der Waals surface area (Å²) < 4.78 is 0. The third-order valence-corrected chi connectivity index (χ3v) is 5.15. The number of carbonyl (C=O) groups excluding carboxylic acids is 2. The summed E-state index contributed by atoms with van der Waals surface area (Å²) in [7, 11) is 0. The predicted octanol–water partition coefficient (Wildman–Crippen LogP) is 4.79. The third kappa shape index (κ3) is 6.25. The lowest BCUT2D eigenvalue weighted by Crippen LogP contribution is -2.49. The van der Waals surface area contributed by atoms with Gasteiger partial charge in [-0.05, 0) is 51.0 Å². The Labute approximate surface area is 176 Å². The van der Waals surface area contributed by atoms with Crippen molar-refractivity contribution >= 4 is 35.0 Å². The van der Waals surface area contributed by atoms with Gasteiger partial charge in [-0.3, -0.25) is 9.59 Å². The average Bonchev–Trinajstić information content (AvgIpc) is 2.63. The Balaban J connectivity index is 2.25. The third-order valence-electron chi connectivity index (χ3n) is 4.41. The number of nitrogens with zero attached hydrogens (tertiary/aromatic N) is 1. The van der Waals surface area contributed by atoms with Gasteiger partial charge in [0.05, 0.1) is 16.5 Å². The molecule has 28 heavy (non-hydrogen) atoms. The van der Waals surface area contributed by atoms with Gasteiger partial charge in [0.1, 0.15) is 6.04 Å². The zero-order chi connectivity index (χ0) is 20.8. The Bertz CT molecular complexity index is 835. The van der Waals surface area contributed by atoms with Gasteiger partial charge in [0.15, 0.2) is 0 Å². The average molecular weight is 421 g/mol. The van der Waals surface area contributed by atoms with Crippen LogP contribution < -0.4 is 5.32 Å². The van der Waals surface area contributed by atoms with Crippen molar-refractivity contribution in [2.24, 2.45) is 0 Å². The van der Waals surface area contributed by atoms with Gasteiger partial charge in [0, 0.05) is 12.6 Å². The zero-order valence-corrected chi connectivity index (χ0v) is 18.1. The minimum atomic E-state index is -0.616. The zero-order valence-electron chi connectivity index (χ0n) is 16.6. The Morgan fingerprint density at radius 2 is 1.57 bits per heavy atom. The van der Waals surface area contributed by atoms with E-state index < -0.39 is 6.04 Å². The van der Waals surface area contributed by atoms with Crippen LogP contribution in [0.25, 0.3) is 0 Å². The van der Waals surface area contributed by atoms with Crippen LogP contribution >= 0.6 is 23.2 Å². The van der Waals surface area contributed by atoms with E-state index in [1.165, 1.54) is 0 Å². The summed E-state index contributed by atoms with van der Waals surface area (Å²) in [5.41, 5.74) is 2.86. The molecular weight excluding hydrogens is 395 g/mol. The van der Waals surface area contributed by atoms with E-state index in [1.807, 2.05) is 51.1 Å². The molecule has 1 unspecified atom stereocenters. The maximum atomic E-state index is 13.1. The lowest BCUT2D eigenvalue weighted by Gasteiger charge is -2.29. The summed E-state index contributed by atoms with van der Waals surface area (Å²) in [6.45, 7) is 7.79. The Morgan fingerprint density at radius 1 is 0.964 bits per heavy atom. The highest BCUT2D eigenvalue weighted by atomic mass is 35.5. The normalized spacial score (nSPS) is 12.0. The summed E-state index contributed by atoms with van der Waals surface area (Å²) in [6, 6.07) is 12.4. The molecular formula is C22H26Cl2N2O2. The van der Waals surface area contributed by atoms with Crippen LogP contribution in [-0.4, -0.2) is 28.8 Å². The molecule has 2 aromatic rings. The molecule has 1 N–H and O–H groups in total. The van der Waals surface area contributed by atoms with Crippen LogP contribution in [0.3, 0.4) is 0 Å². The van der Waals surface area contributed by atoms with Crippen molar-refractivity contribution in [3.63, 3.8) is 0 Å². The highest BCUT2D eigenvalue weighted by molar-refractivity contribution is 6.42. The molecule has 4 nitrogen and oxygen atoms in total. The van der Waals surface area contributed by atoms with Crippen LogP contribution in [0.4, 0.5) is 0 Å². The molecule has 0 bridgehead atoms. The number of rotatable bonds is 7. The molecule has 0 aliphatic carbocycles.